The first-order valence-corrected chi connectivity index (χ1v) is 10.3. The quantitative estimate of drug-likeness (QED) is 0.631. The van der Waals surface area contributed by atoms with Crippen molar-refractivity contribution >= 4 is 10.0 Å². The molecule has 1 aromatic heterocycles. The number of hydrogen-bond acceptors (Lipinski definition) is 7. The molecule has 0 radical (unpaired) electrons. The molecule has 0 spiro atoms. The summed E-state index contributed by atoms with van der Waals surface area (Å²) in [5, 5.41) is 4.00. The molecule has 3 rings (SSSR count). The summed E-state index contributed by atoms with van der Waals surface area (Å²) in [6.45, 7) is 5.64. The molecule has 0 N–H and O–H groups in total. The lowest BCUT2D eigenvalue weighted by Gasteiger charge is -2.18. The fourth-order valence-electron chi connectivity index (χ4n) is 3.08. The van der Waals surface area contributed by atoms with E-state index in [1.807, 2.05) is 26.0 Å². The molecule has 27 heavy (non-hydrogen) atoms. The van der Waals surface area contributed by atoms with Crippen LogP contribution in [-0.4, -0.2) is 56.3 Å². The van der Waals surface area contributed by atoms with Gasteiger partial charge in [0.05, 0.1) is 18.1 Å². The second-order valence-electron chi connectivity index (χ2n) is 6.71. The van der Waals surface area contributed by atoms with Gasteiger partial charge in [-0.3, -0.25) is 0 Å². The molecule has 0 bridgehead atoms. The van der Waals surface area contributed by atoms with Gasteiger partial charge >= 0.3 is 0 Å². The Bertz CT molecular complexity index is 881. The average Bonchev–Trinajstić information content (AvgIpc) is 3.30. The van der Waals surface area contributed by atoms with E-state index in [9.17, 15) is 8.42 Å². The minimum atomic E-state index is -3.54. The Morgan fingerprint density at radius 3 is 2.89 bits per heavy atom. The molecule has 2 heterocycles. The Labute approximate surface area is 159 Å². The second-order valence-corrected chi connectivity index (χ2v) is 8.62. The first-order chi connectivity index (χ1) is 12.9. The number of sulfonamides is 1. The van der Waals surface area contributed by atoms with Crippen molar-refractivity contribution in [3.8, 4) is 0 Å². The lowest BCUT2D eigenvalue weighted by atomic mass is 10.1. The van der Waals surface area contributed by atoms with Crippen molar-refractivity contribution < 1.29 is 22.4 Å². The third-order valence-electron chi connectivity index (χ3n) is 4.62. The molecular formula is C18H25N3O5S. The topological polar surface area (TPSA) is 94.8 Å². The van der Waals surface area contributed by atoms with Crippen molar-refractivity contribution in [1.82, 2.24) is 14.4 Å². The normalized spacial score (nSPS) is 18.3. The van der Waals surface area contributed by atoms with Crippen LogP contribution in [0.1, 0.15) is 35.2 Å². The highest BCUT2D eigenvalue weighted by Crippen LogP contribution is 2.31. The van der Waals surface area contributed by atoms with Gasteiger partial charge in [-0.25, -0.2) is 8.42 Å². The molecule has 8 nitrogen and oxygen atoms in total. The summed E-state index contributed by atoms with van der Waals surface area (Å²) in [7, 11) is -1.93. The van der Waals surface area contributed by atoms with Crippen LogP contribution in [-0.2, 0) is 26.1 Å². The molecule has 1 aromatic carbocycles. The minimum absolute atomic E-state index is 0.0821. The van der Waals surface area contributed by atoms with Crippen LogP contribution in [0.25, 0.3) is 0 Å². The van der Waals surface area contributed by atoms with Crippen molar-refractivity contribution in [1.29, 1.82) is 0 Å². The smallest absolute Gasteiger partial charge is 0.252 e. The van der Waals surface area contributed by atoms with E-state index in [0.29, 0.717) is 49.3 Å². The highest BCUT2D eigenvalue weighted by molar-refractivity contribution is 7.89. The third kappa shape index (κ3) is 4.55. The van der Waals surface area contributed by atoms with Crippen LogP contribution in [0.15, 0.2) is 27.6 Å². The van der Waals surface area contributed by atoms with Gasteiger partial charge in [0.25, 0.3) is 5.89 Å². The Morgan fingerprint density at radius 2 is 2.11 bits per heavy atom. The largest absolute Gasteiger partial charge is 0.382 e. The van der Waals surface area contributed by atoms with Gasteiger partial charge in [0.15, 0.2) is 5.82 Å². The number of nitrogens with zero attached hydrogens (tertiary/aromatic N) is 3. The van der Waals surface area contributed by atoms with E-state index in [1.165, 1.54) is 4.31 Å². The third-order valence-corrected chi connectivity index (χ3v) is 6.63. The molecular weight excluding hydrogens is 370 g/mol. The molecule has 1 aliphatic heterocycles. The molecule has 1 aliphatic rings. The van der Waals surface area contributed by atoms with Gasteiger partial charge in [0.2, 0.25) is 10.0 Å². The zero-order valence-electron chi connectivity index (χ0n) is 15.8. The molecule has 9 heteroatoms. The van der Waals surface area contributed by atoms with Crippen LogP contribution >= 0.6 is 0 Å². The van der Waals surface area contributed by atoms with E-state index >= 15 is 0 Å². The maximum atomic E-state index is 13.0. The highest BCUT2D eigenvalue weighted by Gasteiger charge is 2.36. The van der Waals surface area contributed by atoms with E-state index in [4.69, 9.17) is 14.0 Å². The Hall–Kier alpha value is -1.81. The van der Waals surface area contributed by atoms with Crippen LogP contribution in [0, 0.1) is 13.8 Å². The number of benzene rings is 1. The lowest BCUT2D eigenvalue weighted by molar-refractivity contribution is 0.0494. The number of ether oxygens (including phenoxy) is 2. The highest BCUT2D eigenvalue weighted by atomic mass is 32.2. The van der Waals surface area contributed by atoms with Crippen LogP contribution in [0.4, 0.5) is 0 Å². The summed E-state index contributed by atoms with van der Waals surface area (Å²) in [6.07, 6.45) is 0.660. The number of aryl methyl sites for hydroxylation is 2. The number of aromatic nitrogens is 2. The number of rotatable bonds is 8. The summed E-state index contributed by atoms with van der Waals surface area (Å²) < 4.78 is 43.0. The summed E-state index contributed by atoms with van der Waals surface area (Å²) in [6, 6.07) is 5.48. The monoisotopic (exact) mass is 395 g/mol. The number of methoxy groups -OCH3 is 1. The van der Waals surface area contributed by atoms with Gasteiger partial charge < -0.3 is 14.0 Å². The average molecular weight is 395 g/mol. The van der Waals surface area contributed by atoms with E-state index < -0.39 is 10.0 Å². The Kier molecular flexibility index (Phi) is 6.25. The van der Waals surface area contributed by atoms with Crippen molar-refractivity contribution in [3.05, 3.63) is 41.0 Å². The zero-order chi connectivity index (χ0) is 19.4. The molecule has 148 valence electrons. The summed E-state index contributed by atoms with van der Waals surface area (Å²) in [5.41, 5.74) is 1.67. The predicted octanol–water partition coefficient (Wildman–Crippen LogP) is 2.03. The zero-order valence-corrected chi connectivity index (χ0v) is 16.7. The molecule has 0 aliphatic carbocycles. The fourth-order valence-corrected chi connectivity index (χ4v) is 4.89. The Balaban J connectivity index is 1.66. The fraction of sp³-hybridized carbons (Fsp3) is 0.556. The van der Waals surface area contributed by atoms with Crippen LogP contribution in [0.5, 0.6) is 0 Å². The van der Waals surface area contributed by atoms with Crippen molar-refractivity contribution in [2.45, 2.75) is 37.7 Å². The van der Waals surface area contributed by atoms with Crippen LogP contribution in [0.2, 0.25) is 0 Å². The van der Waals surface area contributed by atoms with E-state index in [0.717, 1.165) is 11.1 Å². The molecule has 0 amide bonds. The summed E-state index contributed by atoms with van der Waals surface area (Å²) in [5.74, 6) is 0.831. The molecule has 1 saturated heterocycles. The molecule has 1 atom stereocenters. The number of hydrogen-bond donors (Lipinski definition) is 0. The molecule has 1 unspecified atom stereocenters. The van der Waals surface area contributed by atoms with E-state index in [1.54, 1.807) is 13.2 Å². The lowest BCUT2D eigenvalue weighted by Crippen LogP contribution is -2.29. The van der Waals surface area contributed by atoms with Gasteiger partial charge in [-0.05, 0) is 37.5 Å². The van der Waals surface area contributed by atoms with Crippen molar-refractivity contribution in [2.24, 2.45) is 0 Å². The predicted molar refractivity (Wildman–Crippen MR) is 97.9 cm³/mol. The molecule has 1 fully saturated rings. The maximum absolute atomic E-state index is 13.0. The van der Waals surface area contributed by atoms with Gasteiger partial charge in [0, 0.05) is 26.1 Å². The van der Waals surface area contributed by atoms with Crippen LogP contribution < -0.4 is 0 Å². The van der Waals surface area contributed by atoms with E-state index in [2.05, 4.69) is 10.1 Å². The SMILES string of the molecule is COCCOCc1nc(C2CCN(S(=O)(=O)c3cc(C)ccc3C)C2)no1. The Morgan fingerprint density at radius 1 is 1.30 bits per heavy atom. The summed E-state index contributed by atoms with van der Waals surface area (Å²) in [4.78, 5) is 4.71. The van der Waals surface area contributed by atoms with Crippen molar-refractivity contribution in [2.75, 3.05) is 33.4 Å². The standard InChI is InChI=1S/C18H25N3O5S/c1-13-4-5-14(2)16(10-13)27(22,23)21-7-6-15(11-21)18-19-17(26-20-18)12-25-9-8-24-3/h4-5,10,15H,6-9,11-12H2,1-3H3. The van der Waals surface area contributed by atoms with Gasteiger partial charge in [-0.2, -0.15) is 9.29 Å². The first kappa shape index (κ1) is 19.9. The maximum Gasteiger partial charge on any atom is 0.252 e. The molecule has 2 aromatic rings. The second kappa shape index (κ2) is 8.47. The van der Waals surface area contributed by atoms with Crippen LogP contribution in [0.3, 0.4) is 0 Å². The minimum Gasteiger partial charge on any atom is -0.382 e. The van der Waals surface area contributed by atoms with Crippen molar-refractivity contribution in [3.63, 3.8) is 0 Å². The van der Waals surface area contributed by atoms with E-state index in [-0.39, 0.29) is 12.5 Å². The summed E-state index contributed by atoms with van der Waals surface area (Å²) >= 11 is 0. The van der Waals surface area contributed by atoms with Gasteiger partial charge in [-0.15, -0.1) is 0 Å². The first-order valence-electron chi connectivity index (χ1n) is 8.88. The molecule has 0 saturated carbocycles. The van der Waals surface area contributed by atoms with Gasteiger partial charge in [-0.1, -0.05) is 17.3 Å². The van der Waals surface area contributed by atoms with Gasteiger partial charge in [0.1, 0.15) is 6.61 Å².